The summed E-state index contributed by atoms with van der Waals surface area (Å²) >= 11 is 0. The topological polar surface area (TPSA) is 35.8 Å². The fourth-order valence-corrected chi connectivity index (χ4v) is 1.15. The van der Waals surface area contributed by atoms with E-state index in [1.54, 1.807) is 24.3 Å². The van der Waals surface area contributed by atoms with Crippen molar-refractivity contribution in [3.05, 3.63) is 53.7 Å². The highest BCUT2D eigenvalue weighted by Crippen LogP contribution is 2.22. The first-order chi connectivity index (χ1) is 8.34. The third-order valence-corrected chi connectivity index (χ3v) is 2.52. The van der Waals surface area contributed by atoms with Crippen LogP contribution >= 0.6 is 0 Å². The Kier molecular flexibility index (Phi) is 4.22. The molecule has 0 heterocycles. The van der Waals surface area contributed by atoms with Crippen molar-refractivity contribution in [1.82, 2.24) is 5.32 Å². The van der Waals surface area contributed by atoms with Crippen molar-refractivity contribution in [1.29, 1.82) is 5.26 Å². The van der Waals surface area contributed by atoms with Gasteiger partial charge in [-0.2, -0.15) is 5.26 Å². The van der Waals surface area contributed by atoms with Gasteiger partial charge in [-0.25, -0.2) is 8.78 Å². The van der Waals surface area contributed by atoms with Crippen molar-refractivity contribution in [2.24, 2.45) is 0 Å². The number of hydrogen-bond donors (Lipinski definition) is 1. The number of alkyl halides is 2. The number of rotatable bonds is 4. The largest absolute Gasteiger partial charge is 0.362 e. The molecular weight excluding hydrogens is 234 g/mol. The predicted octanol–water partition coefficient (Wildman–Crippen LogP) is 3.68. The quantitative estimate of drug-likeness (QED) is 0.882. The second-order valence-corrected chi connectivity index (χ2v) is 4.03. The minimum absolute atomic E-state index is 0.0719. The minimum atomic E-state index is -2.85. The van der Waals surface area contributed by atoms with Gasteiger partial charge in [0.05, 0.1) is 11.6 Å². The maximum absolute atomic E-state index is 12.9. The molecular formula is C14H14F2N2. The van der Waals surface area contributed by atoms with Crippen LogP contribution in [-0.2, 0) is 0 Å². The molecule has 0 atom stereocenters. The van der Waals surface area contributed by atoms with Gasteiger partial charge < -0.3 is 5.32 Å². The molecule has 0 spiro atoms. The van der Waals surface area contributed by atoms with Crippen LogP contribution in [0.4, 0.5) is 8.78 Å². The van der Waals surface area contributed by atoms with Gasteiger partial charge in [0.15, 0.2) is 0 Å². The van der Waals surface area contributed by atoms with Crippen molar-refractivity contribution >= 4 is 5.70 Å². The van der Waals surface area contributed by atoms with E-state index in [1.165, 1.54) is 13.1 Å². The summed E-state index contributed by atoms with van der Waals surface area (Å²) < 4.78 is 25.8. The van der Waals surface area contributed by atoms with Gasteiger partial charge in [-0.1, -0.05) is 18.7 Å². The molecule has 2 nitrogen and oxygen atoms in total. The summed E-state index contributed by atoms with van der Waals surface area (Å²) in [5, 5.41) is 11.4. The highest BCUT2D eigenvalue weighted by atomic mass is 19.3. The summed E-state index contributed by atoms with van der Waals surface area (Å²) in [4.78, 5) is 0. The number of nitriles is 1. The summed E-state index contributed by atoms with van der Waals surface area (Å²) in [5.74, 6) is -2.85. The summed E-state index contributed by atoms with van der Waals surface area (Å²) in [6.07, 6.45) is 1.24. The van der Waals surface area contributed by atoms with Crippen LogP contribution in [0.25, 0.3) is 5.70 Å². The van der Waals surface area contributed by atoms with Crippen molar-refractivity contribution in [2.45, 2.75) is 19.8 Å². The summed E-state index contributed by atoms with van der Waals surface area (Å²) in [5.41, 5.74) is 1.72. The lowest BCUT2D eigenvalue weighted by Gasteiger charge is -2.12. The molecule has 0 bridgehead atoms. The van der Waals surface area contributed by atoms with E-state index in [0.29, 0.717) is 11.3 Å². The summed E-state index contributed by atoms with van der Waals surface area (Å²) in [6, 6.07) is 8.71. The van der Waals surface area contributed by atoms with E-state index >= 15 is 0 Å². The molecule has 0 amide bonds. The van der Waals surface area contributed by atoms with E-state index in [0.717, 1.165) is 12.5 Å². The second-order valence-electron chi connectivity index (χ2n) is 4.03. The molecule has 94 valence electrons. The van der Waals surface area contributed by atoms with Gasteiger partial charge in [-0.15, -0.1) is 0 Å². The minimum Gasteiger partial charge on any atom is -0.362 e. The smallest absolute Gasteiger partial charge is 0.268 e. The van der Waals surface area contributed by atoms with Crippen molar-refractivity contribution in [2.75, 3.05) is 0 Å². The lowest BCUT2D eigenvalue weighted by Crippen LogP contribution is -2.14. The zero-order chi connectivity index (χ0) is 13.8. The van der Waals surface area contributed by atoms with Gasteiger partial charge in [-0.05, 0) is 24.6 Å². The molecule has 0 aliphatic carbocycles. The normalized spacial score (nSPS) is 11.8. The van der Waals surface area contributed by atoms with E-state index < -0.39 is 5.92 Å². The third-order valence-electron chi connectivity index (χ3n) is 2.52. The Morgan fingerprint density at radius 1 is 1.39 bits per heavy atom. The van der Waals surface area contributed by atoms with Gasteiger partial charge >= 0.3 is 0 Å². The molecule has 1 rings (SSSR count). The van der Waals surface area contributed by atoms with E-state index in [9.17, 15) is 8.78 Å². The van der Waals surface area contributed by atoms with Gasteiger partial charge in [0.1, 0.15) is 0 Å². The molecule has 0 radical (unpaired) electrons. The maximum atomic E-state index is 12.9. The molecule has 1 N–H and O–H groups in total. The van der Waals surface area contributed by atoms with Gasteiger partial charge in [0, 0.05) is 24.4 Å². The molecule has 0 unspecified atom stereocenters. The Morgan fingerprint density at radius 3 is 2.39 bits per heavy atom. The lowest BCUT2D eigenvalue weighted by molar-refractivity contribution is 0.0631. The first kappa shape index (κ1) is 13.9. The molecule has 0 saturated heterocycles. The number of nitrogens with one attached hydrogen (secondary N) is 1. The monoisotopic (exact) mass is 248 g/mol. The van der Waals surface area contributed by atoms with Crippen LogP contribution < -0.4 is 5.32 Å². The Labute approximate surface area is 105 Å². The number of benzene rings is 1. The maximum Gasteiger partial charge on any atom is 0.268 e. The third kappa shape index (κ3) is 3.70. The average Bonchev–Trinajstić information content (AvgIpc) is 2.34. The number of nitrogens with zero attached hydrogens (tertiary/aromatic N) is 1. The molecule has 0 saturated carbocycles. The highest BCUT2D eigenvalue weighted by molar-refractivity contribution is 5.63. The Hall–Kier alpha value is -2.15. The lowest BCUT2D eigenvalue weighted by atomic mass is 10.1. The average molecular weight is 248 g/mol. The molecule has 0 aromatic heterocycles. The molecule has 0 aliphatic rings. The molecule has 0 fully saturated rings. The zero-order valence-corrected chi connectivity index (χ0v) is 10.3. The van der Waals surface area contributed by atoms with Crippen LogP contribution in [0.2, 0.25) is 0 Å². The van der Waals surface area contributed by atoms with Crippen molar-refractivity contribution < 1.29 is 8.78 Å². The van der Waals surface area contributed by atoms with E-state index in [2.05, 4.69) is 11.9 Å². The van der Waals surface area contributed by atoms with Gasteiger partial charge in [0.25, 0.3) is 5.92 Å². The molecule has 18 heavy (non-hydrogen) atoms. The Bertz CT molecular complexity index is 502. The SMILES string of the molecule is C=C(N/C=C(\C)C(C)(F)F)c1ccc(C#N)cc1. The Morgan fingerprint density at radius 2 is 1.94 bits per heavy atom. The number of allylic oxidation sites excluding steroid dienone is 1. The van der Waals surface area contributed by atoms with Crippen LogP contribution in [0.5, 0.6) is 0 Å². The molecule has 1 aromatic rings. The first-order valence-electron chi connectivity index (χ1n) is 5.35. The zero-order valence-electron chi connectivity index (χ0n) is 10.3. The van der Waals surface area contributed by atoms with E-state index in [4.69, 9.17) is 5.26 Å². The summed E-state index contributed by atoms with van der Waals surface area (Å²) in [7, 11) is 0. The summed E-state index contributed by atoms with van der Waals surface area (Å²) in [6.45, 7) is 5.94. The van der Waals surface area contributed by atoms with Crippen molar-refractivity contribution in [3.8, 4) is 6.07 Å². The first-order valence-corrected chi connectivity index (χ1v) is 5.35. The highest BCUT2D eigenvalue weighted by Gasteiger charge is 2.23. The molecule has 4 heteroatoms. The van der Waals surface area contributed by atoms with Crippen LogP contribution in [0.3, 0.4) is 0 Å². The van der Waals surface area contributed by atoms with Crippen LogP contribution in [0.15, 0.2) is 42.6 Å². The number of hydrogen-bond acceptors (Lipinski definition) is 2. The van der Waals surface area contributed by atoms with Gasteiger partial charge in [0.2, 0.25) is 0 Å². The predicted molar refractivity (Wildman–Crippen MR) is 67.7 cm³/mol. The fraction of sp³-hybridized carbons (Fsp3) is 0.214. The number of halogens is 2. The van der Waals surface area contributed by atoms with Crippen molar-refractivity contribution in [3.63, 3.8) is 0 Å². The Balaban J connectivity index is 2.75. The van der Waals surface area contributed by atoms with Crippen LogP contribution in [-0.4, -0.2) is 5.92 Å². The van der Waals surface area contributed by atoms with Gasteiger partial charge in [-0.3, -0.25) is 0 Å². The molecule has 0 aliphatic heterocycles. The van der Waals surface area contributed by atoms with E-state index in [1.807, 2.05) is 6.07 Å². The van der Waals surface area contributed by atoms with E-state index in [-0.39, 0.29) is 5.57 Å². The standard InChI is InChI=1S/C14H14F2N2/c1-10(14(3,15)16)9-18-11(2)13-6-4-12(8-17)5-7-13/h4-7,9,18H,2H2,1,3H3/b10-9+. The molecule has 1 aromatic carbocycles. The van der Waals surface area contributed by atoms with Crippen LogP contribution in [0.1, 0.15) is 25.0 Å². The second kappa shape index (κ2) is 5.46. The van der Waals surface area contributed by atoms with Crippen LogP contribution in [0, 0.1) is 11.3 Å². The fourth-order valence-electron chi connectivity index (χ4n) is 1.15.